The Balaban J connectivity index is 2.11. The molecule has 2 heterocycles. The van der Waals surface area contributed by atoms with Gasteiger partial charge in [0.1, 0.15) is 11.9 Å². The van der Waals surface area contributed by atoms with Gasteiger partial charge in [-0.05, 0) is 24.8 Å². The van der Waals surface area contributed by atoms with E-state index in [9.17, 15) is 14.4 Å². The van der Waals surface area contributed by atoms with Crippen LogP contribution in [0.15, 0.2) is 23.0 Å². The van der Waals surface area contributed by atoms with Crippen LogP contribution in [-0.2, 0) is 29.6 Å². The van der Waals surface area contributed by atoms with E-state index in [4.69, 9.17) is 19.6 Å². The SMILES string of the molecule is CC(C)(C)CC(SCc1ccoc1)C(=O)OC1C(=O)COC1(C)C(N)=O. The van der Waals surface area contributed by atoms with Crippen LogP contribution in [-0.4, -0.2) is 41.2 Å². The average molecular weight is 383 g/mol. The summed E-state index contributed by atoms with van der Waals surface area (Å²) in [6.45, 7) is 7.12. The molecule has 3 unspecified atom stereocenters. The van der Waals surface area contributed by atoms with Crippen molar-refractivity contribution in [1.29, 1.82) is 0 Å². The molecule has 0 aromatic carbocycles. The van der Waals surface area contributed by atoms with Crippen LogP contribution in [0, 0.1) is 5.41 Å². The lowest BCUT2D eigenvalue weighted by atomic mass is 9.90. The summed E-state index contributed by atoms with van der Waals surface area (Å²) < 4.78 is 15.7. The molecule has 1 aliphatic rings. The van der Waals surface area contributed by atoms with Gasteiger partial charge in [0.15, 0.2) is 11.7 Å². The van der Waals surface area contributed by atoms with Gasteiger partial charge in [0.05, 0.1) is 12.5 Å². The Hall–Kier alpha value is -1.80. The van der Waals surface area contributed by atoms with Gasteiger partial charge in [-0.15, -0.1) is 11.8 Å². The fraction of sp³-hybridized carbons (Fsp3) is 0.611. The number of hydrogen-bond acceptors (Lipinski definition) is 7. The quantitative estimate of drug-likeness (QED) is 0.718. The van der Waals surface area contributed by atoms with Crippen LogP contribution >= 0.6 is 11.8 Å². The Morgan fingerprint density at radius 1 is 1.46 bits per heavy atom. The Morgan fingerprint density at radius 2 is 2.15 bits per heavy atom. The number of ether oxygens (including phenoxy) is 2. The molecule has 3 atom stereocenters. The van der Waals surface area contributed by atoms with E-state index in [0.29, 0.717) is 12.2 Å². The standard InChI is InChI=1S/C18H25NO6S/c1-17(2,3)7-13(26-10-11-5-6-23-8-11)15(21)25-14-12(20)9-24-18(14,4)16(19)22/h5-6,8,13-14H,7,9-10H2,1-4H3,(H2,19,22). The monoisotopic (exact) mass is 383 g/mol. The number of carbonyl (C=O) groups excluding carboxylic acids is 3. The molecule has 1 aromatic rings. The van der Waals surface area contributed by atoms with Gasteiger partial charge in [0.25, 0.3) is 5.91 Å². The van der Waals surface area contributed by atoms with Crippen LogP contribution in [0.1, 0.15) is 39.7 Å². The number of thioether (sulfide) groups is 1. The van der Waals surface area contributed by atoms with Gasteiger partial charge in [0, 0.05) is 11.3 Å². The Kier molecular flexibility index (Phi) is 6.18. The van der Waals surface area contributed by atoms with Crippen LogP contribution in [0.5, 0.6) is 0 Å². The third-order valence-electron chi connectivity index (χ3n) is 4.12. The molecule has 2 N–H and O–H groups in total. The maximum absolute atomic E-state index is 12.8. The average Bonchev–Trinajstić information content (AvgIpc) is 3.14. The van der Waals surface area contributed by atoms with E-state index < -0.39 is 34.6 Å². The number of rotatable bonds is 7. The third-order valence-corrected chi connectivity index (χ3v) is 5.38. The van der Waals surface area contributed by atoms with Crippen LogP contribution in [0.4, 0.5) is 0 Å². The highest BCUT2D eigenvalue weighted by molar-refractivity contribution is 7.99. The number of hydrogen-bond donors (Lipinski definition) is 1. The fourth-order valence-electron chi connectivity index (χ4n) is 2.59. The van der Waals surface area contributed by atoms with Gasteiger partial charge >= 0.3 is 5.97 Å². The minimum Gasteiger partial charge on any atom is -0.472 e. The zero-order chi connectivity index (χ0) is 19.5. The van der Waals surface area contributed by atoms with Crippen LogP contribution < -0.4 is 5.73 Å². The lowest BCUT2D eigenvalue weighted by Crippen LogP contribution is -2.52. The van der Waals surface area contributed by atoms with Crippen LogP contribution in [0.25, 0.3) is 0 Å². The molecule has 8 heteroatoms. The molecule has 0 aliphatic carbocycles. The molecule has 1 saturated heterocycles. The molecule has 0 bridgehead atoms. The first-order valence-corrected chi connectivity index (χ1v) is 9.37. The zero-order valence-corrected chi connectivity index (χ0v) is 16.3. The fourth-order valence-corrected chi connectivity index (χ4v) is 3.96. The number of Topliss-reactive ketones (excluding diaryl/α,β-unsaturated/α-hetero) is 1. The van der Waals surface area contributed by atoms with Gasteiger partial charge in [-0.3, -0.25) is 14.4 Å². The molecule has 1 fully saturated rings. The van der Waals surface area contributed by atoms with E-state index in [1.54, 1.807) is 12.5 Å². The number of carbonyl (C=O) groups is 3. The summed E-state index contributed by atoms with van der Waals surface area (Å²) >= 11 is 1.40. The summed E-state index contributed by atoms with van der Waals surface area (Å²) in [6, 6.07) is 1.82. The predicted octanol–water partition coefficient (Wildman–Crippen LogP) is 2.07. The predicted molar refractivity (Wildman–Crippen MR) is 96.3 cm³/mol. The summed E-state index contributed by atoms with van der Waals surface area (Å²) in [5.41, 5.74) is 4.53. The van der Waals surface area contributed by atoms with Crippen LogP contribution in [0.2, 0.25) is 0 Å². The van der Waals surface area contributed by atoms with Gasteiger partial charge < -0.3 is 19.6 Å². The largest absolute Gasteiger partial charge is 0.472 e. The van der Waals surface area contributed by atoms with E-state index in [0.717, 1.165) is 5.56 Å². The van der Waals surface area contributed by atoms with Crippen molar-refractivity contribution in [3.63, 3.8) is 0 Å². The number of amides is 1. The minimum atomic E-state index is -1.63. The summed E-state index contributed by atoms with van der Waals surface area (Å²) in [5, 5.41) is -0.504. The number of esters is 1. The van der Waals surface area contributed by atoms with E-state index in [-0.39, 0.29) is 12.0 Å². The minimum absolute atomic E-state index is 0.129. The molecule has 0 radical (unpaired) electrons. The van der Waals surface area contributed by atoms with Crippen molar-refractivity contribution in [2.75, 3.05) is 6.61 Å². The van der Waals surface area contributed by atoms with Gasteiger partial charge in [-0.25, -0.2) is 0 Å². The van der Waals surface area contributed by atoms with Crippen molar-refractivity contribution in [2.24, 2.45) is 11.1 Å². The topological polar surface area (TPSA) is 109 Å². The van der Waals surface area contributed by atoms with Crippen molar-refractivity contribution in [2.45, 2.75) is 56.8 Å². The zero-order valence-electron chi connectivity index (χ0n) is 15.4. The maximum Gasteiger partial charge on any atom is 0.319 e. The third kappa shape index (κ3) is 4.88. The van der Waals surface area contributed by atoms with Crippen molar-refractivity contribution in [3.05, 3.63) is 24.2 Å². The van der Waals surface area contributed by atoms with E-state index in [1.807, 2.05) is 26.8 Å². The van der Waals surface area contributed by atoms with Crippen molar-refractivity contribution < 1.29 is 28.3 Å². The van der Waals surface area contributed by atoms with Gasteiger partial charge in [-0.1, -0.05) is 20.8 Å². The molecule has 1 aromatic heterocycles. The molecular formula is C18H25NO6S. The second-order valence-corrected chi connectivity index (χ2v) is 8.93. The van der Waals surface area contributed by atoms with Gasteiger partial charge in [-0.2, -0.15) is 0 Å². The lowest BCUT2D eigenvalue weighted by molar-refractivity contribution is -0.165. The number of nitrogens with two attached hydrogens (primary N) is 1. The molecule has 0 saturated carbocycles. The Morgan fingerprint density at radius 3 is 2.69 bits per heavy atom. The van der Waals surface area contributed by atoms with Crippen molar-refractivity contribution in [3.8, 4) is 0 Å². The maximum atomic E-state index is 12.8. The Labute approximate surface area is 157 Å². The van der Waals surface area contributed by atoms with E-state index in [2.05, 4.69) is 0 Å². The second kappa shape index (κ2) is 7.84. The Bertz CT molecular complexity index is 666. The highest BCUT2D eigenvalue weighted by Crippen LogP contribution is 2.33. The second-order valence-electron chi connectivity index (χ2n) is 7.74. The summed E-state index contributed by atoms with van der Waals surface area (Å²) in [5.74, 6) is -1.28. The summed E-state index contributed by atoms with van der Waals surface area (Å²) in [7, 11) is 0. The van der Waals surface area contributed by atoms with Crippen molar-refractivity contribution in [1.82, 2.24) is 0 Å². The van der Waals surface area contributed by atoms with Crippen LogP contribution in [0.3, 0.4) is 0 Å². The summed E-state index contributed by atoms with van der Waals surface area (Å²) in [4.78, 5) is 36.5. The molecule has 26 heavy (non-hydrogen) atoms. The normalized spacial score (nSPS) is 24.5. The summed E-state index contributed by atoms with van der Waals surface area (Å²) in [6.07, 6.45) is 2.42. The number of furan rings is 1. The molecular weight excluding hydrogens is 358 g/mol. The smallest absolute Gasteiger partial charge is 0.319 e. The molecule has 2 rings (SSSR count). The van der Waals surface area contributed by atoms with E-state index >= 15 is 0 Å². The molecule has 1 amide bonds. The highest BCUT2D eigenvalue weighted by Gasteiger charge is 2.53. The first-order chi connectivity index (χ1) is 12.0. The van der Waals surface area contributed by atoms with Gasteiger partial charge in [0.2, 0.25) is 5.78 Å². The highest BCUT2D eigenvalue weighted by atomic mass is 32.2. The number of primary amides is 1. The number of ketones is 1. The lowest BCUT2D eigenvalue weighted by Gasteiger charge is -2.29. The van der Waals surface area contributed by atoms with E-state index in [1.165, 1.54) is 18.7 Å². The molecule has 0 spiro atoms. The first-order valence-electron chi connectivity index (χ1n) is 8.33. The van der Waals surface area contributed by atoms with Crippen molar-refractivity contribution >= 4 is 29.4 Å². The molecule has 144 valence electrons. The molecule has 7 nitrogen and oxygen atoms in total. The molecule has 1 aliphatic heterocycles. The first kappa shape index (κ1) is 20.5.